The molecular weight excluding hydrogens is 236 g/mol. The SMILES string of the molecule is CCN(CCC(=O)O)C(=O)Nc1c(C)n[nH]c1C. The summed E-state index contributed by atoms with van der Waals surface area (Å²) in [7, 11) is 0. The monoisotopic (exact) mass is 254 g/mol. The molecule has 1 aromatic heterocycles. The van der Waals surface area contributed by atoms with Crippen molar-refractivity contribution in [2.24, 2.45) is 0 Å². The largest absolute Gasteiger partial charge is 0.481 e. The van der Waals surface area contributed by atoms with Gasteiger partial charge < -0.3 is 15.3 Å². The highest BCUT2D eigenvalue weighted by molar-refractivity contribution is 5.90. The molecule has 0 radical (unpaired) electrons. The third kappa shape index (κ3) is 3.47. The molecule has 0 aliphatic rings. The molecule has 18 heavy (non-hydrogen) atoms. The van der Waals surface area contributed by atoms with Crippen LogP contribution in [0.1, 0.15) is 24.7 Å². The number of aromatic nitrogens is 2. The quantitative estimate of drug-likeness (QED) is 0.738. The van der Waals surface area contributed by atoms with Crippen molar-refractivity contribution in [3.05, 3.63) is 11.4 Å². The second kappa shape index (κ2) is 6.04. The van der Waals surface area contributed by atoms with Crippen LogP contribution in [0.4, 0.5) is 10.5 Å². The number of amides is 2. The zero-order valence-corrected chi connectivity index (χ0v) is 10.8. The zero-order chi connectivity index (χ0) is 13.7. The first-order valence-electron chi connectivity index (χ1n) is 5.75. The molecule has 2 amide bonds. The molecule has 100 valence electrons. The Kier molecular flexibility index (Phi) is 4.70. The van der Waals surface area contributed by atoms with E-state index in [0.29, 0.717) is 17.9 Å². The van der Waals surface area contributed by atoms with Crippen LogP contribution in [0, 0.1) is 13.8 Å². The van der Waals surface area contributed by atoms with Crippen molar-refractivity contribution in [1.82, 2.24) is 15.1 Å². The van der Waals surface area contributed by atoms with Gasteiger partial charge in [0, 0.05) is 13.1 Å². The van der Waals surface area contributed by atoms with E-state index < -0.39 is 5.97 Å². The lowest BCUT2D eigenvalue weighted by Crippen LogP contribution is -2.36. The van der Waals surface area contributed by atoms with Gasteiger partial charge in [0.25, 0.3) is 0 Å². The lowest BCUT2D eigenvalue weighted by atomic mass is 10.3. The van der Waals surface area contributed by atoms with Crippen LogP contribution in [0.3, 0.4) is 0 Å². The van der Waals surface area contributed by atoms with Gasteiger partial charge in [0.05, 0.1) is 23.5 Å². The van der Waals surface area contributed by atoms with Crippen LogP contribution in [0.2, 0.25) is 0 Å². The summed E-state index contributed by atoms with van der Waals surface area (Å²) < 4.78 is 0. The second-order valence-corrected chi connectivity index (χ2v) is 3.96. The van der Waals surface area contributed by atoms with Crippen LogP contribution >= 0.6 is 0 Å². The highest BCUT2D eigenvalue weighted by atomic mass is 16.4. The van der Waals surface area contributed by atoms with Gasteiger partial charge in [-0.15, -0.1) is 0 Å². The predicted octanol–water partition coefficient (Wildman–Crippen LogP) is 1.36. The number of aliphatic carboxylic acids is 1. The average Bonchev–Trinajstić information content (AvgIpc) is 2.61. The highest BCUT2D eigenvalue weighted by Gasteiger charge is 2.16. The topological polar surface area (TPSA) is 98.3 Å². The number of aromatic amines is 1. The lowest BCUT2D eigenvalue weighted by molar-refractivity contribution is -0.137. The maximum atomic E-state index is 11.9. The molecule has 1 rings (SSSR count). The number of hydrogen-bond donors (Lipinski definition) is 3. The van der Waals surface area contributed by atoms with Crippen LogP contribution in [-0.2, 0) is 4.79 Å². The first-order valence-corrected chi connectivity index (χ1v) is 5.75. The number of urea groups is 1. The first-order chi connectivity index (χ1) is 8.45. The Morgan fingerprint density at radius 2 is 2.11 bits per heavy atom. The zero-order valence-electron chi connectivity index (χ0n) is 10.8. The Balaban J connectivity index is 2.65. The summed E-state index contributed by atoms with van der Waals surface area (Å²) >= 11 is 0. The Morgan fingerprint density at radius 1 is 1.44 bits per heavy atom. The number of carboxylic acid groups (broad SMARTS) is 1. The average molecular weight is 254 g/mol. The van der Waals surface area contributed by atoms with E-state index in [2.05, 4.69) is 15.5 Å². The fraction of sp³-hybridized carbons (Fsp3) is 0.545. The molecular formula is C11H18N4O3. The number of carboxylic acids is 1. The van der Waals surface area contributed by atoms with Crippen molar-refractivity contribution in [1.29, 1.82) is 0 Å². The van der Waals surface area contributed by atoms with Crippen molar-refractivity contribution in [3.8, 4) is 0 Å². The van der Waals surface area contributed by atoms with Gasteiger partial charge in [-0.3, -0.25) is 9.89 Å². The summed E-state index contributed by atoms with van der Waals surface area (Å²) in [5, 5.41) is 18.1. The molecule has 0 fully saturated rings. The van der Waals surface area contributed by atoms with E-state index in [9.17, 15) is 9.59 Å². The normalized spacial score (nSPS) is 10.2. The van der Waals surface area contributed by atoms with Gasteiger partial charge in [-0.05, 0) is 20.8 Å². The summed E-state index contributed by atoms with van der Waals surface area (Å²) in [6, 6.07) is -0.314. The summed E-state index contributed by atoms with van der Waals surface area (Å²) in [6.07, 6.45) is -0.0649. The van der Waals surface area contributed by atoms with Crippen molar-refractivity contribution >= 4 is 17.7 Å². The second-order valence-electron chi connectivity index (χ2n) is 3.96. The van der Waals surface area contributed by atoms with Crippen molar-refractivity contribution in [2.75, 3.05) is 18.4 Å². The fourth-order valence-electron chi connectivity index (χ4n) is 1.55. The molecule has 0 unspecified atom stereocenters. The maximum Gasteiger partial charge on any atom is 0.321 e. The van der Waals surface area contributed by atoms with Crippen LogP contribution in [0.25, 0.3) is 0 Å². The molecule has 0 aliphatic carbocycles. The number of carbonyl (C=O) groups is 2. The van der Waals surface area contributed by atoms with E-state index in [1.54, 1.807) is 13.8 Å². The number of nitrogens with one attached hydrogen (secondary N) is 2. The number of carbonyl (C=O) groups excluding carboxylic acids is 1. The van der Waals surface area contributed by atoms with Crippen LogP contribution in [0.15, 0.2) is 0 Å². The molecule has 0 bridgehead atoms. The van der Waals surface area contributed by atoms with Crippen LogP contribution < -0.4 is 5.32 Å². The Hall–Kier alpha value is -2.05. The minimum Gasteiger partial charge on any atom is -0.481 e. The van der Waals surface area contributed by atoms with Crippen molar-refractivity contribution in [2.45, 2.75) is 27.2 Å². The molecule has 1 heterocycles. The van der Waals surface area contributed by atoms with Gasteiger partial charge >= 0.3 is 12.0 Å². The Labute approximate surface area is 105 Å². The Bertz CT molecular complexity index is 422. The van der Waals surface area contributed by atoms with Crippen LogP contribution in [-0.4, -0.2) is 45.3 Å². The van der Waals surface area contributed by atoms with E-state index in [0.717, 1.165) is 5.69 Å². The summed E-state index contributed by atoms with van der Waals surface area (Å²) in [5.41, 5.74) is 2.12. The van der Waals surface area contributed by atoms with Gasteiger partial charge in [-0.1, -0.05) is 0 Å². The third-order valence-electron chi connectivity index (χ3n) is 2.62. The molecule has 3 N–H and O–H groups in total. The number of anilines is 1. The van der Waals surface area contributed by atoms with E-state index in [1.807, 2.05) is 6.92 Å². The Morgan fingerprint density at radius 3 is 2.56 bits per heavy atom. The van der Waals surface area contributed by atoms with E-state index >= 15 is 0 Å². The van der Waals surface area contributed by atoms with Gasteiger partial charge in [-0.25, -0.2) is 4.79 Å². The first kappa shape index (κ1) is 14.0. The molecule has 0 spiro atoms. The number of nitrogens with zero attached hydrogens (tertiary/aromatic N) is 2. The van der Waals surface area contributed by atoms with Crippen molar-refractivity contribution < 1.29 is 14.7 Å². The summed E-state index contributed by atoms with van der Waals surface area (Å²) in [4.78, 5) is 23.9. The number of H-pyrrole nitrogens is 1. The predicted molar refractivity (Wildman–Crippen MR) is 66.6 cm³/mol. The summed E-state index contributed by atoms with van der Waals surface area (Å²) in [6.45, 7) is 6.04. The smallest absolute Gasteiger partial charge is 0.321 e. The van der Waals surface area contributed by atoms with Gasteiger partial charge in [0.1, 0.15) is 0 Å². The summed E-state index contributed by atoms with van der Waals surface area (Å²) in [5.74, 6) is -0.920. The number of aryl methyl sites for hydroxylation is 2. The van der Waals surface area contributed by atoms with Gasteiger partial charge in [-0.2, -0.15) is 5.10 Å². The van der Waals surface area contributed by atoms with E-state index in [4.69, 9.17) is 5.11 Å². The maximum absolute atomic E-state index is 11.9. The highest BCUT2D eigenvalue weighted by Crippen LogP contribution is 2.16. The molecule has 1 aromatic rings. The molecule has 0 aliphatic heterocycles. The molecule has 7 heteroatoms. The minimum atomic E-state index is -0.920. The molecule has 0 saturated carbocycles. The van der Waals surface area contributed by atoms with Gasteiger partial charge in [0.15, 0.2) is 0 Å². The lowest BCUT2D eigenvalue weighted by Gasteiger charge is -2.20. The van der Waals surface area contributed by atoms with E-state index in [1.165, 1.54) is 4.90 Å². The molecule has 0 atom stereocenters. The molecule has 0 saturated heterocycles. The van der Waals surface area contributed by atoms with E-state index in [-0.39, 0.29) is 19.0 Å². The van der Waals surface area contributed by atoms with Crippen LogP contribution in [0.5, 0.6) is 0 Å². The van der Waals surface area contributed by atoms with Crippen molar-refractivity contribution in [3.63, 3.8) is 0 Å². The number of hydrogen-bond acceptors (Lipinski definition) is 3. The minimum absolute atomic E-state index is 0.0649. The third-order valence-corrected chi connectivity index (χ3v) is 2.62. The molecule has 7 nitrogen and oxygen atoms in total. The fourth-order valence-corrected chi connectivity index (χ4v) is 1.55. The standard InChI is InChI=1S/C11H18N4O3/c1-4-15(6-5-9(16)17)11(18)12-10-7(2)13-14-8(10)3/h4-6H2,1-3H3,(H,12,18)(H,13,14)(H,16,17). The van der Waals surface area contributed by atoms with Gasteiger partial charge in [0.2, 0.25) is 0 Å². The number of rotatable bonds is 5. The molecule has 0 aromatic carbocycles.